The number of rotatable bonds is 6. The SMILES string of the molecule is CCCC(NC(=O)c1ccc2sc3ccccc3c2c1)N1CCN(c2cccc(Cl)c2Cl)CC1. The minimum absolute atomic E-state index is 0.00407. The number of thiophene rings is 1. The molecule has 0 radical (unpaired) electrons. The van der Waals surface area contributed by atoms with Gasteiger partial charge in [0.1, 0.15) is 0 Å². The van der Waals surface area contributed by atoms with Gasteiger partial charge in [0.2, 0.25) is 0 Å². The van der Waals surface area contributed by atoms with Crippen LogP contribution in [0.5, 0.6) is 0 Å². The van der Waals surface area contributed by atoms with E-state index in [0.29, 0.717) is 15.6 Å². The lowest BCUT2D eigenvalue weighted by Gasteiger charge is -2.40. The van der Waals surface area contributed by atoms with Crippen molar-refractivity contribution in [2.24, 2.45) is 0 Å². The van der Waals surface area contributed by atoms with Crippen LogP contribution in [0, 0.1) is 0 Å². The van der Waals surface area contributed by atoms with Crippen LogP contribution in [-0.2, 0) is 0 Å². The Kier molecular flexibility index (Phi) is 6.98. The topological polar surface area (TPSA) is 35.6 Å². The lowest BCUT2D eigenvalue weighted by molar-refractivity contribution is 0.0824. The zero-order chi connectivity index (χ0) is 23.7. The highest BCUT2D eigenvalue weighted by molar-refractivity contribution is 7.25. The van der Waals surface area contributed by atoms with Crippen LogP contribution >= 0.6 is 34.5 Å². The molecule has 5 rings (SSSR count). The Balaban J connectivity index is 1.30. The zero-order valence-electron chi connectivity index (χ0n) is 19.1. The molecule has 0 aliphatic carbocycles. The number of piperazine rings is 1. The summed E-state index contributed by atoms with van der Waals surface area (Å²) in [5.74, 6) is -0.0176. The van der Waals surface area contributed by atoms with Crippen LogP contribution in [0.1, 0.15) is 30.1 Å². The van der Waals surface area contributed by atoms with Crippen molar-refractivity contribution in [2.75, 3.05) is 31.1 Å². The van der Waals surface area contributed by atoms with E-state index < -0.39 is 0 Å². The van der Waals surface area contributed by atoms with Gasteiger partial charge < -0.3 is 10.2 Å². The first-order valence-corrected chi connectivity index (χ1v) is 13.3. The van der Waals surface area contributed by atoms with Crippen LogP contribution in [0.15, 0.2) is 60.7 Å². The zero-order valence-corrected chi connectivity index (χ0v) is 21.4. The fourth-order valence-electron chi connectivity index (χ4n) is 4.73. The van der Waals surface area contributed by atoms with Gasteiger partial charge in [-0.25, -0.2) is 0 Å². The Morgan fingerprint density at radius 3 is 2.53 bits per heavy atom. The predicted molar refractivity (Wildman–Crippen MR) is 146 cm³/mol. The molecule has 2 heterocycles. The molecular formula is C27H27Cl2N3OS. The first-order valence-electron chi connectivity index (χ1n) is 11.7. The number of hydrogen-bond acceptors (Lipinski definition) is 4. The largest absolute Gasteiger partial charge is 0.368 e. The van der Waals surface area contributed by atoms with Gasteiger partial charge in [0, 0.05) is 51.9 Å². The van der Waals surface area contributed by atoms with Crippen molar-refractivity contribution in [3.63, 3.8) is 0 Å². The number of amides is 1. The molecular weight excluding hydrogens is 485 g/mol. The summed E-state index contributed by atoms with van der Waals surface area (Å²) < 4.78 is 2.45. The average Bonchev–Trinajstić information content (AvgIpc) is 3.23. The molecule has 3 aromatic carbocycles. The molecule has 34 heavy (non-hydrogen) atoms. The summed E-state index contributed by atoms with van der Waals surface area (Å²) >= 11 is 14.4. The number of anilines is 1. The van der Waals surface area contributed by atoms with Crippen molar-refractivity contribution in [3.05, 3.63) is 76.3 Å². The molecule has 0 spiro atoms. The van der Waals surface area contributed by atoms with Crippen LogP contribution in [0.2, 0.25) is 10.0 Å². The minimum atomic E-state index is -0.0176. The Labute approximate surface area is 214 Å². The molecule has 1 N–H and O–H groups in total. The molecule has 7 heteroatoms. The molecule has 1 saturated heterocycles. The lowest BCUT2D eigenvalue weighted by atomic mass is 10.1. The molecule has 1 unspecified atom stereocenters. The number of nitrogens with zero attached hydrogens (tertiary/aromatic N) is 2. The Morgan fingerprint density at radius 1 is 0.971 bits per heavy atom. The molecule has 0 bridgehead atoms. The highest BCUT2D eigenvalue weighted by atomic mass is 35.5. The number of hydrogen-bond donors (Lipinski definition) is 1. The van der Waals surface area contributed by atoms with Gasteiger partial charge in [0.15, 0.2) is 0 Å². The number of fused-ring (bicyclic) bond motifs is 3. The van der Waals surface area contributed by atoms with E-state index in [0.717, 1.165) is 50.1 Å². The summed E-state index contributed by atoms with van der Waals surface area (Å²) in [7, 11) is 0. The van der Waals surface area contributed by atoms with Crippen LogP contribution in [0.3, 0.4) is 0 Å². The normalized spacial score (nSPS) is 15.7. The molecule has 1 aromatic heterocycles. The van der Waals surface area contributed by atoms with Gasteiger partial charge in [0.05, 0.1) is 21.9 Å². The van der Waals surface area contributed by atoms with E-state index in [2.05, 4.69) is 52.4 Å². The highest BCUT2D eigenvalue weighted by Gasteiger charge is 2.26. The Hall–Kier alpha value is -2.31. The molecule has 1 amide bonds. The molecule has 1 fully saturated rings. The van der Waals surface area contributed by atoms with E-state index in [1.807, 2.05) is 30.3 Å². The van der Waals surface area contributed by atoms with Crippen molar-refractivity contribution in [1.82, 2.24) is 10.2 Å². The average molecular weight is 513 g/mol. The van der Waals surface area contributed by atoms with E-state index in [1.54, 1.807) is 11.3 Å². The van der Waals surface area contributed by atoms with Crippen LogP contribution < -0.4 is 10.2 Å². The maximum Gasteiger partial charge on any atom is 0.252 e. The third kappa shape index (κ3) is 4.63. The smallest absolute Gasteiger partial charge is 0.252 e. The van der Waals surface area contributed by atoms with Gasteiger partial charge in [-0.3, -0.25) is 9.69 Å². The lowest BCUT2D eigenvalue weighted by Crippen LogP contribution is -2.56. The van der Waals surface area contributed by atoms with Gasteiger partial charge in [-0.15, -0.1) is 11.3 Å². The van der Waals surface area contributed by atoms with E-state index in [4.69, 9.17) is 23.2 Å². The number of nitrogens with one attached hydrogen (secondary N) is 1. The van der Waals surface area contributed by atoms with Crippen molar-refractivity contribution >= 4 is 66.3 Å². The van der Waals surface area contributed by atoms with Gasteiger partial charge in [-0.2, -0.15) is 0 Å². The minimum Gasteiger partial charge on any atom is -0.368 e. The van der Waals surface area contributed by atoms with Crippen molar-refractivity contribution in [3.8, 4) is 0 Å². The van der Waals surface area contributed by atoms with E-state index >= 15 is 0 Å². The summed E-state index contributed by atoms with van der Waals surface area (Å²) in [6, 6.07) is 20.2. The van der Waals surface area contributed by atoms with Crippen LogP contribution in [-0.4, -0.2) is 43.2 Å². The monoisotopic (exact) mass is 511 g/mol. The maximum absolute atomic E-state index is 13.3. The molecule has 176 valence electrons. The Morgan fingerprint density at radius 2 is 1.74 bits per heavy atom. The summed E-state index contributed by atoms with van der Waals surface area (Å²) in [5.41, 5.74) is 1.68. The molecule has 4 nitrogen and oxygen atoms in total. The molecule has 1 aliphatic heterocycles. The van der Waals surface area contributed by atoms with Gasteiger partial charge in [-0.05, 0) is 42.8 Å². The quantitative estimate of drug-likeness (QED) is 0.301. The van der Waals surface area contributed by atoms with Crippen LogP contribution in [0.25, 0.3) is 20.2 Å². The summed E-state index contributed by atoms with van der Waals surface area (Å²) in [6.07, 6.45) is 1.91. The first-order chi connectivity index (χ1) is 16.5. The van der Waals surface area contributed by atoms with E-state index in [9.17, 15) is 4.79 Å². The van der Waals surface area contributed by atoms with E-state index in [1.165, 1.54) is 14.8 Å². The maximum atomic E-state index is 13.3. The fraction of sp³-hybridized carbons (Fsp3) is 0.296. The van der Waals surface area contributed by atoms with E-state index in [-0.39, 0.29) is 12.1 Å². The third-order valence-electron chi connectivity index (χ3n) is 6.53. The molecule has 0 saturated carbocycles. The Bertz CT molecular complexity index is 1330. The van der Waals surface area contributed by atoms with Gasteiger partial charge in [0.25, 0.3) is 5.91 Å². The molecule has 1 atom stereocenters. The second kappa shape index (κ2) is 10.1. The number of carbonyl (C=O) groups is 1. The second-order valence-corrected chi connectivity index (χ2v) is 10.6. The standard InChI is InChI=1S/C27H27Cl2N3OS/c1-2-6-25(32-15-13-31(14-16-32)22-9-5-8-21(28)26(22)29)30-27(33)18-11-12-24-20(17-18)19-7-3-4-10-23(19)34-24/h3-5,7-12,17,25H,2,6,13-16H2,1H3,(H,30,33). The fourth-order valence-corrected chi connectivity index (χ4v) is 6.23. The summed E-state index contributed by atoms with van der Waals surface area (Å²) in [5, 5.41) is 6.84. The molecule has 4 aromatic rings. The second-order valence-electron chi connectivity index (χ2n) is 8.68. The highest BCUT2D eigenvalue weighted by Crippen LogP contribution is 2.35. The summed E-state index contributed by atoms with van der Waals surface area (Å²) in [4.78, 5) is 17.9. The predicted octanol–water partition coefficient (Wildman–Crippen LogP) is 7.04. The van der Waals surface area contributed by atoms with Crippen molar-refractivity contribution < 1.29 is 4.79 Å². The number of halogens is 2. The van der Waals surface area contributed by atoms with Gasteiger partial charge >= 0.3 is 0 Å². The van der Waals surface area contributed by atoms with Gasteiger partial charge in [-0.1, -0.05) is 60.8 Å². The van der Waals surface area contributed by atoms with Crippen molar-refractivity contribution in [2.45, 2.75) is 25.9 Å². The first kappa shape index (κ1) is 23.4. The van der Waals surface area contributed by atoms with Crippen molar-refractivity contribution in [1.29, 1.82) is 0 Å². The van der Waals surface area contributed by atoms with Crippen LogP contribution in [0.4, 0.5) is 5.69 Å². The number of carbonyl (C=O) groups excluding carboxylic acids is 1. The number of benzene rings is 3. The third-order valence-corrected chi connectivity index (χ3v) is 8.49. The summed E-state index contributed by atoms with van der Waals surface area (Å²) in [6.45, 7) is 5.53. The molecule has 1 aliphatic rings.